The number of amides is 1. The van der Waals surface area contributed by atoms with Gasteiger partial charge in [-0.3, -0.25) is 4.79 Å². The molecule has 1 aliphatic rings. The average molecular weight is 286 g/mol. The maximum absolute atomic E-state index is 12.1. The molecule has 1 N–H and O–H groups in total. The second-order valence-electron chi connectivity index (χ2n) is 5.68. The number of hydrogen-bond acceptors (Lipinski definition) is 1. The fraction of sp³-hybridized carbons (Fsp3) is 0.500. The van der Waals surface area contributed by atoms with Gasteiger partial charge in [0.15, 0.2) is 0 Å². The second-order valence-corrected chi connectivity index (χ2v) is 6.46. The van der Waals surface area contributed by atoms with Gasteiger partial charge in [0.25, 0.3) is 5.91 Å². The van der Waals surface area contributed by atoms with E-state index < -0.39 is 0 Å². The van der Waals surface area contributed by atoms with E-state index in [1.807, 2.05) is 0 Å². The van der Waals surface area contributed by atoms with E-state index in [0.717, 1.165) is 19.3 Å². The second kappa shape index (κ2) is 5.10. The monoisotopic (exact) mass is 285 g/mol. The molecule has 0 aliphatic heterocycles. The molecule has 0 spiro atoms. The van der Waals surface area contributed by atoms with E-state index in [1.165, 1.54) is 0 Å². The molecule has 2 rings (SSSR count). The summed E-state index contributed by atoms with van der Waals surface area (Å²) in [6.45, 7) is 4.46. The summed E-state index contributed by atoms with van der Waals surface area (Å²) in [6.07, 6.45) is 3.18. The Kier molecular flexibility index (Phi) is 3.88. The maximum atomic E-state index is 12.1. The van der Waals surface area contributed by atoms with Crippen molar-refractivity contribution in [2.75, 3.05) is 0 Å². The number of benzene rings is 1. The number of halogens is 2. The highest BCUT2D eigenvalue weighted by Crippen LogP contribution is 2.37. The molecule has 4 heteroatoms. The maximum Gasteiger partial charge on any atom is 0.253 e. The van der Waals surface area contributed by atoms with Crippen LogP contribution in [0.1, 0.15) is 43.5 Å². The van der Waals surface area contributed by atoms with Crippen LogP contribution in [-0.4, -0.2) is 11.9 Å². The Hall–Kier alpha value is -0.730. The fourth-order valence-corrected chi connectivity index (χ4v) is 2.89. The summed E-state index contributed by atoms with van der Waals surface area (Å²) in [7, 11) is 0. The third-order valence-corrected chi connectivity index (χ3v) is 4.32. The molecule has 0 heterocycles. The highest BCUT2D eigenvalue weighted by molar-refractivity contribution is 6.43. The quantitative estimate of drug-likeness (QED) is 0.862. The van der Waals surface area contributed by atoms with Crippen molar-refractivity contribution in [2.24, 2.45) is 5.41 Å². The van der Waals surface area contributed by atoms with Crippen molar-refractivity contribution < 1.29 is 4.79 Å². The van der Waals surface area contributed by atoms with Crippen LogP contribution in [0.2, 0.25) is 10.0 Å². The van der Waals surface area contributed by atoms with Crippen molar-refractivity contribution >= 4 is 29.1 Å². The summed E-state index contributed by atoms with van der Waals surface area (Å²) in [6, 6.07) is 5.35. The summed E-state index contributed by atoms with van der Waals surface area (Å²) in [5.74, 6) is -0.134. The van der Waals surface area contributed by atoms with E-state index in [2.05, 4.69) is 19.2 Å². The molecule has 0 saturated heterocycles. The van der Waals surface area contributed by atoms with Crippen molar-refractivity contribution in [3.63, 3.8) is 0 Å². The first-order valence-corrected chi connectivity index (χ1v) is 6.89. The zero-order chi connectivity index (χ0) is 13.3. The summed E-state index contributed by atoms with van der Waals surface area (Å²) < 4.78 is 0. The summed E-state index contributed by atoms with van der Waals surface area (Å²) in [4.78, 5) is 12.1. The molecule has 1 fully saturated rings. The van der Waals surface area contributed by atoms with Gasteiger partial charge in [0.2, 0.25) is 0 Å². The molecule has 0 radical (unpaired) electrons. The van der Waals surface area contributed by atoms with Gasteiger partial charge in [-0.25, -0.2) is 0 Å². The van der Waals surface area contributed by atoms with Crippen LogP contribution in [0, 0.1) is 5.41 Å². The van der Waals surface area contributed by atoms with Gasteiger partial charge in [-0.15, -0.1) is 0 Å². The average Bonchev–Trinajstić information content (AvgIpc) is 2.62. The highest BCUT2D eigenvalue weighted by Gasteiger charge is 2.32. The molecule has 1 saturated carbocycles. The smallest absolute Gasteiger partial charge is 0.253 e. The van der Waals surface area contributed by atoms with Gasteiger partial charge in [0.1, 0.15) is 0 Å². The first kappa shape index (κ1) is 13.7. The van der Waals surface area contributed by atoms with Crippen LogP contribution < -0.4 is 5.32 Å². The minimum Gasteiger partial charge on any atom is -0.349 e. The molecule has 1 amide bonds. The molecular formula is C14H17Cl2NO. The Morgan fingerprint density at radius 1 is 1.39 bits per heavy atom. The molecule has 1 aromatic rings. The number of carbonyl (C=O) groups is 1. The molecule has 0 aromatic heterocycles. The molecule has 0 bridgehead atoms. The van der Waals surface area contributed by atoms with E-state index >= 15 is 0 Å². The number of carbonyl (C=O) groups excluding carboxylic acids is 1. The topological polar surface area (TPSA) is 29.1 Å². The third kappa shape index (κ3) is 2.99. The minimum atomic E-state index is -0.134. The minimum absolute atomic E-state index is 0.134. The van der Waals surface area contributed by atoms with Crippen LogP contribution >= 0.6 is 23.2 Å². The highest BCUT2D eigenvalue weighted by atomic mass is 35.5. The molecular weight excluding hydrogens is 269 g/mol. The summed E-state index contributed by atoms with van der Waals surface area (Å²) in [5, 5.41) is 3.78. The fourth-order valence-electron chi connectivity index (χ4n) is 2.50. The molecule has 98 valence electrons. The van der Waals surface area contributed by atoms with Gasteiger partial charge < -0.3 is 5.32 Å². The van der Waals surface area contributed by atoms with Gasteiger partial charge >= 0.3 is 0 Å². The van der Waals surface area contributed by atoms with Crippen LogP contribution in [0.25, 0.3) is 0 Å². The standard InChI is InChI=1S/C14H17Cl2NO/c1-14(2)7-6-9(8-14)17-13(18)10-4-3-5-11(15)12(10)16/h3-5,9H,6-8H2,1-2H3,(H,17,18). The molecule has 18 heavy (non-hydrogen) atoms. The van der Waals surface area contributed by atoms with Crippen molar-refractivity contribution in [3.8, 4) is 0 Å². The number of rotatable bonds is 2. The van der Waals surface area contributed by atoms with Crippen LogP contribution in [0.5, 0.6) is 0 Å². The lowest BCUT2D eigenvalue weighted by Gasteiger charge is -2.18. The lowest BCUT2D eigenvalue weighted by Crippen LogP contribution is -2.33. The lowest BCUT2D eigenvalue weighted by atomic mass is 9.92. The Labute approximate surface area is 118 Å². The molecule has 1 aromatic carbocycles. The zero-order valence-electron chi connectivity index (χ0n) is 10.6. The Morgan fingerprint density at radius 3 is 2.72 bits per heavy atom. The van der Waals surface area contributed by atoms with E-state index in [0.29, 0.717) is 21.0 Å². The molecule has 1 unspecified atom stereocenters. The van der Waals surface area contributed by atoms with E-state index in [1.54, 1.807) is 18.2 Å². The normalized spacial score (nSPS) is 21.9. The van der Waals surface area contributed by atoms with Gasteiger partial charge in [-0.1, -0.05) is 43.1 Å². The first-order chi connectivity index (χ1) is 8.39. The SMILES string of the molecule is CC1(C)CCC(NC(=O)c2cccc(Cl)c2Cl)C1. The Bertz CT molecular complexity index is 471. The molecule has 1 aliphatic carbocycles. The van der Waals surface area contributed by atoms with Crippen molar-refractivity contribution in [2.45, 2.75) is 39.2 Å². The Morgan fingerprint density at radius 2 is 2.11 bits per heavy atom. The zero-order valence-corrected chi connectivity index (χ0v) is 12.1. The van der Waals surface area contributed by atoms with E-state index in [4.69, 9.17) is 23.2 Å². The largest absolute Gasteiger partial charge is 0.349 e. The van der Waals surface area contributed by atoms with Crippen LogP contribution in [-0.2, 0) is 0 Å². The van der Waals surface area contributed by atoms with E-state index in [-0.39, 0.29) is 11.9 Å². The summed E-state index contributed by atoms with van der Waals surface area (Å²) >= 11 is 11.9. The van der Waals surface area contributed by atoms with Crippen LogP contribution in [0.3, 0.4) is 0 Å². The molecule has 2 nitrogen and oxygen atoms in total. The third-order valence-electron chi connectivity index (χ3n) is 3.50. The number of nitrogens with one attached hydrogen (secondary N) is 1. The van der Waals surface area contributed by atoms with Crippen molar-refractivity contribution in [1.29, 1.82) is 0 Å². The first-order valence-electron chi connectivity index (χ1n) is 6.14. The van der Waals surface area contributed by atoms with Crippen molar-refractivity contribution in [3.05, 3.63) is 33.8 Å². The van der Waals surface area contributed by atoms with Gasteiger partial charge in [0, 0.05) is 6.04 Å². The van der Waals surface area contributed by atoms with Crippen LogP contribution in [0.4, 0.5) is 0 Å². The number of hydrogen-bond donors (Lipinski definition) is 1. The Balaban J connectivity index is 2.07. The lowest BCUT2D eigenvalue weighted by molar-refractivity contribution is 0.0936. The van der Waals surface area contributed by atoms with Gasteiger partial charge in [-0.2, -0.15) is 0 Å². The van der Waals surface area contributed by atoms with Gasteiger partial charge in [-0.05, 0) is 36.8 Å². The predicted molar refractivity (Wildman–Crippen MR) is 75.3 cm³/mol. The van der Waals surface area contributed by atoms with Crippen molar-refractivity contribution in [1.82, 2.24) is 5.32 Å². The van der Waals surface area contributed by atoms with E-state index in [9.17, 15) is 4.79 Å². The van der Waals surface area contributed by atoms with Crippen LogP contribution in [0.15, 0.2) is 18.2 Å². The van der Waals surface area contributed by atoms with Gasteiger partial charge in [0.05, 0.1) is 15.6 Å². The molecule has 1 atom stereocenters. The predicted octanol–water partition coefficient (Wildman–Crippen LogP) is 4.30. The summed E-state index contributed by atoms with van der Waals surface area (Å²) in [5.41, 5.74) is 0.768.